The summed E-state index contributed by atoms with van der Waals surface area (Å²) in [5, 5.41) is 3.35. The van der Waals surface area contributed by atoms with Gasteiger partial charge in [0.1, 0.15) is 12.4 Å². The Hall–Kier alpha value is -1.97. The predicted octanol–water partition coefficient (Wildman–Crippen LogP) is 1.08. The van der Waals surface area contributed by atoms with Crippen molar-refractivity contribution >= 4 is 11.4 Å². The smallest absolute Gasteiger partial charge is 0.255 e. The van der Waals surface area contributed by atoms with Crippen molar-refractivity contribution in [2.75, 3.05) is 17.6 Å². The molecule has 0 spiro atoms. The summed E-state index contributed by atoms with van der Waals surface area (Å²) >= 11 is 0. The van der Waals surface area contributed by atoms with Gasteiger partial charge in [0.2, 0.25) is 0 Å². The van der Waals surface area contributed by atoms with Crippen molar-refractivity contribution in [1.29, 1.82) is 0 Å². The second-order valence-corrected chi connectivity index (χ2v) is 3.82. The van der Waals surface area contributed by atoms with E-state index in [-0.39, 0.29) is 0 Å². The summed E-state index contributed by atoms with van der Waals surface area (Å²) in [6.45, 7) is 0.901. The molecular weight excluding hydrogens is 200 g/mol. The molecule has 0 atom stereocenters. The lowest BCUT2D eigenvalue weighted by Gasteiger charge is -2.04. The van der Waals surface area contributed by atoms with Crippen LogP contribution >= 0.6 is 0 Å². The third-order valence-corrected chi connectivity index (χ3v) is 2.58. The van der Waals surface area contributed by atoms with Crippen LogP contribution in [0.25, 0.3) is 0 Å². The number of H-pyrrole nitrogens is 1. The number of aromatic amines is 1. The first-order valence-corrected chi connectivity index (χ1v) is 5.37. The maximum absolute atomic E-state index is 5.62. The first kappa shape index (κ1) is 10.5. The zero-order valence-electron chi connectivity index (χ0n) is 9.40. The summed E-state index contributed by atoms with van der Waals surface area (Å²) in [5.74, 6) is 1.21. The quantitative estimate of drug-likeness (QED) is 0.530. The molecule has 0 radical (unpaired) electrons. The fraction of sp³-hybridized carbons (Fsp3) is 0.250. The number of nitrogens with two attached hydrogens (primary N) is 1. The molecule has 4 N–H and O–H groups in total. The molecule has 0 amide bonds. The number of aryl methyl sites for hydroxylation is 1. The van der Waals surface area contributed by atoms with E-state index >= 15 is 0 Å². The normalized spacial score (nSPS) is 10.3. The van der Waals surface area contributed by atoms with E-state index in [0.717, 1.165) is 24.3 Å². The first-order chi connectivity index (χ1) is 7.75. The van der Waals surface area contributed by atoms with Crippen LogP contribution in [0, 0.1) is 0 Å². The zero-order valence-corrected chi connectivity index (χ0v) is 9.40. The third-order valence-electron chi connectivity index (χ3n) is 2.58. The SMILES string of the molecule is C[n+]1cc[nH]c1CCNc1ccc(N)cc1. The summed E-state index contributed by atoms with van der Waals surface area (Å²) in [5.41, 5.74) is 7.51. The standard InChI is InChI=1S/C12H16N4/c1-16-9-8-15-12(16)6-7-14-11-4-2-10(13)3-5-11/h2-5,8-9,14H,6-7,13H2,1H3/p+1. The number of imidazole rings is 1. The molecule has 2 aromatic rings. The molecule has 1 aromatic carbocycles. The van der Waals surface area contributed by atoms with Gasteiger partial charge >= 0.3 is 0 Å². The van der Waals surface area contributed by atoms with E-state index in [9.17, 15) is 0 Å². The van der Waals surface area contributed by atoms with E-state index in [2.05, 4.69) is 14.9 Å². The van der Waals surface area contributed by atoms with Crippen LogP contribution in [0.5, 0.6) is 0 Å². The van der Waals surface area contributed by atoms with Gasteiger partial charge in [-0.05, 0) is 24.3 Å². The molecule has 0 fully saturated rings. The molecule has 0 aliphatic heterocycles. The van der Waals surface area contributed by atoms with Gasteiger partial charge in [-0.2, -0.15) is 0 Å². The number of nitrogens with one attached hydrogen (secondary N) is 2. The van der Waals surface area contributed by atoms with Gasteiger partial charge in [0.15, 0.2) is 0 Å². The highest BCUT2D eigenvalue weighted by atomic mass is 15.0. The van der Waals surface area contributed by atoms with Crippen molar-refractivity contribution in [1.82, 2.24) is 4.98 Å². The number of anilines is 2. The number of nitrogens with zero attached hydrogens (tertiary/aromatic N) is 1. The summed E-state index contributed by atoms with van der Waals surface area (Å²) in [6.07, 6.45) is 4.92. The van der Waals surface area contributed by atoms with Crippen LogP contribution in [-0.2, 0) is 13.5 Å². The van der Waals surface area contributed by atoms with Gasteiger partial charge in [0, 0.05) is 17.9 Å². The lowest BCUT2D eigenvalue weighted by Crippen LogP contribution is -2.31. The lowest BCUT2D eigenvalue weighted by atomic mass is 10.3. The Morgan fingerprint density at radius 2 is 2.06 bits per heavy atom. The largest absolute Gasteiger partial charge is 0.399 e. The van der Waals surface area contributed by atoms with Crippen molar-refractivity contribution in [3.63, 3.8) is 0 Å². The molecule has 0 unspecified atom stereocenters. The van der Waals surface area contributed by atoms with Crippen molar-refractivity contribution in [3.8, 4) is 0 Å². The Kier molecular flexibility index (Phi) is 3.10. The Bertz CT molecular complexity index is 444. The van der Waals surface area contributed by atoms with Crippen LogP contribution in [0.1, 0.15) is 5.82 Å². The van der Waals surface area contributed by atoms with Crippen molar-refractivity contribution in [3.05, 3.63) is 42.5 Å². The second-order valence-electron chi connectivity index (χ2n) is 3.82. The van der Waals surface area contributed by atoms with Crippen LogP contribution < -0.4 is 15.6 Å². The zero-order chi connectivity index (χ0) is 11.4. The predicted molar refractivity (Wildman–Crippen MR) is 65.0 cm³/mol. The van der Waals surface area contributed by atoms with Gasteiger partial charge < -0.3 is 11.1 Å². The molecule has 4 heteroatoms. The van der Waals surface area contributed by atoms with E-state index in [1.165, 1.54) is 5.82 Å². The van der Waals surface area contributed by atoms with E-state index in [4.69, 9.17) is 5.73 Å². The summed E-state index contributed by atoms with van der Waals surface area (Å²) < 4.78 is 2.09. The average molecular weight is 217 g/mol. The van der Waals surface area contributed by atoms with Gasteiger partial charge in [0.05, 0.1) is 13.5 Å². The number of hydrogen-bond donors (Lipinski definition) is 3. The topological polar surface area (TPSA) is 57.7 Å². The lowest BCUT2D eigenvalue weighted by molar-refractivity contribution is -0.677. The van der Waals surface area contributed by atoms with Gasteiger partial charge in [-0.25, -0.2) is 9.55 Å². The van der Waals surface area contributed by atoms with Crippen LogP contribution in [0.3, 0.4) is 0 Å². The fourth-order valence-corrected chi connectivity index (χ4v) is 1.61. The maximum atomic E-state index is 5.62. The summed E-state index contributed by atoms with van der Waals surface area (Å²) in [6, 6.07) is 7.78. The highest BCUT2D eigenvalue weighted by Gasteiger charge is 2.04. The molecular formula is C12H17N4+. The van der Waals surface area contributed by atoms with Crippen LogP contribution in [0.4, 0.5) is 11.4 Å². The van der Waals surface area contributed by atoms with Crippen LogP contribution in [0.15, 0.2) is 36.7 Å². The molecule has 0 saturated heterocycles. The monoisotopic (exact) mass is 217 g/mol. The minimum absolute atomic E-state index is 0.793. The van der Waals surface area contributed by atoms with E-state index < -0.39 is 0 Å². The molecule has 4 nitrogen and oxygen atoms in total. The Balaban J connectivity index is 1.84. The number of hydrogen-bond acceptors (Lipinski definition) is 2. The molecule has 1 aromatic heterocycles. The molecule has 84 valence electrons. The number of nitrogen functional groups attached to an aromatic ring is 1. The van der Waals surface area contributed by atoms with Gasteiger partial charge in [0.25, 0.3) is 5.82 Å². The number of aromatic nitrogens is 2. The van der Waals surface area contributed by atoms with Crippen LogP contribution in [-0.4, -0.2) is 11.5 Å². The molecule has 0 aliphatic rings. The van der Waals surface area contributed by atoms with Gasteiger partial charge in [-0.1, -0.05) is 0 Å². The highest BCUT2D eigenvalue weighted by molar-refractivity contribution is 5.51. The molecule has 2 rings (SSSR count). The average Bonchev–Trinajstić information content (AvgIpc) is 2.68. The molecule has 16 heavy (non-hydrogen) atoms. The van der Waals surface area contributed by atoms with Gasteiger partial charge in [-0.3, -0.25) is 0 Å². The summed E-state index contributed by atoms with van der Waals surface area (Å²) in [4.78, 5) is 3.20. The maximum Gasteiger partial charge on any atom is 0.255 e. The Morgan fingerprint density at radius 1 is 1.31 bits per heavy atom. The van der Waals surface area contributed by atoms with E-state index in [1.54, 1.807) is 0 Å². The molecule has 0 saturated carbocycles. The molecule has 0 bridgehead atoms. The van der Waals surface area contributed by atoms with Crippen LogP contribution in [0.2, 0.25) is 0 Å². The van der Waals surface area contributed by atoms with E-state index in [0.29, 0.717) is 0 Å². The number of rotatable bonds is 4. The van der Waals surface area contributed by atoms with Crippen molar-refractivity contribution in [2.24, 2.45) is 7.05 Å². The molecule has 0 aliphatic carbocycles. The minimum atomic E-state index is 0.793. The van der Waals surface area contributed by atoms with Crippen molar-refractivity contribution in [2.45, 2.75) is 6.42 Å². The second kappa shape index (κ2) is 4.70. The Morgan fingerprint density at radius 3 is 2.69 bits per heavy atom. The molecule has 1 heterocycles. The van der Waals surface area contributed by atoms with Gasteiger partial charge in [-0.15, -0.1) is 0 Å². The highest BCUT2D eigenvalue weighted by Crippen LogP contribution is 2.09. The third kappa shape index (κ3) is 2.53. The fourth-order valence-electron chi connectivity index (χ4n) is 1.61. The van der Waals surface area contributed by atoms with Crippen molar-refractivity contribution < 1.29 is 4.57 Å². The summed E-state index contributed by atoms with van der Waals surface area (Å²) in [7, 11) is 2.04. The first-order valence-electron chi connectivity index (χ1n) is 5.37. The minimum Gasteiger partial charge on any atom is -0.399 e. The number of benzene rings is 1. The van der Waals surface area contributed by atoms with E-state index in [1.807, 2.05) is 43.7 Å². The Labute approximate surface area is 95.1 Å².